The van der Waals surface area contributed by atoms with Crippen molar-refractivity contribution >= 4 is 17.0 Å². The molecule has 130 valence electrons. The monoisotopic (exact) mass is 332 g/mol. The van der Waals surface area contributed by atoms with Gasteiger partial charge in [0.05, 0.1) is 12.2 Å². The molecule has 3 rings (SSSR count). The van der Waals surface area contributed by atoms with Crippen molar-refractivity contribution in [3.63, 3.8) is 0 Å². The summed E-state index contributed by atoms with van der Waals surface area (Å²) in [6.07, 6.45) is 6.65. The van der Waals surface area contributed by atoms with Crippen LogP contribution in [0.4, 0.5) is 0 Å². The summed E-state index contributed by atoms with van der Waals surface area (Å²) in [5.41, 5.74) is 0.166. The molecule has 1 N–H and O–H groups in total. The number of hydrogen-bond donors (Lipinski definition) is 1. The largest absolute Gasteiger partial charge is 0.361 e. The number of nitrogens with zero attached hydrogens (tertiary/aromatic N) is 5. The molecule has 3 heterocycles. The molecule has 0 unspecified atom stereocenters. The summed E-state index contributed by atoms with van der Waals surface area (Å²) >= 11 is 0. The fourth-order valence-corrected chi connectivity index (χ4v) is 3.31. The van der Waals surface area contributed by atoms with E-state index in [1.54, 1.807) is 17.9 Å². The SMILES string of the molecule is Cn1c(=O)c2c(ncn2CCCC(=N)N2CCCCC2)n(C)c1=O. The second-order valence-corrected chi connectivity index (χ2v) is 6.41. The van der Waals surface area contributed by atoms with Gasteiger partial charge in [0.2, 0.25) is 0 Å². The van der Waals surface area contributed by atoms with E-state index in [4.69, 9.17) is 5.41 Å². The van der Waals surface area contributed by atoms with Crippen molar-refractivity contribution in [1.82, 2.24) is 23.6 Å². The number of amidine groups is 1. The Hall–Kier alpha value is -2.38. The highest BCUT2D eigenvalue weighted by Gasteiger charge is 2.15. The molecule has 1 fully saturated rings. The summed E-state index contributed by atoms with van der Waals surface area (Å²) in [6.45, 7) is 2.57. The summed E-state index contributed by atoms with van der Waals surface area (Å²) in [6, 6.07) is 0. The third-order valence-corrected chi connectivity index (χ3v) is 4.77. The molecular weight excluding hydrogens is 308 g/mol. The predicted molar refractivity (Wildman–Crippen MR) is 92.6 cm³/mol. The summed E-state index contributed by atoms with van der Waals surface area (Å²) in [4.78, 5) is 30.7. The van der Waals surface area contributed by atoms with Gasteiger partial charge in [-0.05, 0) is 25.7 Å². The molecule has 0 atom stereocenters. The normalized spacial score (nSPS) is 15.2. The third kappa shape index (κ3) is 2.88. The van der Waals surface area contributed by atoms with Crippen LogP contribution in [0.5, 0.6) is 0 Å². The quantitative estimate of drug-likeness (QED) is 0.658. The lowest BCUT2D eigenvalue weighted by molar-refractivity contribution is 0.333. The first-order valence-corrected chi connectivity index (χ1v) is 8.44. The van der Waals surface area contributed by atoms with Crippen molar-refractivity contribution in [2.45, 2.75) is 38.6 Å². The zero-order chi connectivity index (χ0) is 17.3. The van der Waals surface area contributed by atoms with Gasteiger partial charge in [0, 0.05) is 40.2 Å². The first kappa shape index (κ1) is 16.5. The first-order valence-electron chi connectivity index (χ1n) is 8.44. The molecule has 0 amide bonds. The molecule has 2 aromatic rings. The molecule has 0 aliphatic carbocycles. The molecule has 2 aromatic heterocycles. The van der Waals surface area contributed by atoms with Crippen molar-refractivity contribution in [3.8, 4) is 0 Å². The lowest BCUT2D eigenvalue weighted by Crippen LogP contribution is -2.37. The maximum atomic E-state index is 12.4. The average molecular weight is 332 g/mol. The first-order chi connectivity index (χ1) is 11.5. The van der Waals surface area contributed by atoms with Crippen molar-refractivity contribution < 1.29 is 0 Å². The lowest BCUT2D eigenvalue weighted by atomic mass is 10.1. The van der Waals surface area contributed by atoms with E-state index in [1.165, 1.54) is 30.9 Å². The molecule has 0 saturated carbocycles. The van der Waals surface area contributed by atoms with E-state index >= 15 is 0 Å². The average Bonchev–Trinajstić information content (AvgIpc) is 3.03. The zero-order valence-corrected chi connectivity index (χ0v) is 14.3. The minimum atomic E-state index is -0.371. The Morgan fingerprint density at radius 2 is 1.88 bits per heavy atom. The summed E-state index contributed by atoms with van der Waals surface area (Å²) in [5.74, 6) is 0.680. The van der Waals surface area contributed by atoms with Crippen molar-refractivity contribution in [3.05, 3.63) is 27.2 Å². The maximum Gasteiger partial charge on any atom is 0.332 e. The summed E-state index contributed by atoms with van der Waals surface area (Å²) in [5, 5.41) is 8.20. The van der Waals surface area contributed by atoms with Crippen LogP contribution in [-0.4, -0.2) is 42.5 Å². The Balaban J connectivity index is 1.73. The van der Waals surface area contributed by atoms with Gasteiger partial charge in [-0.2, -0.15) is 0 Å². The van der Waals surface area contributed by atoms with Crippen LogP contribution in [0.25, 0.3) is 11.2 Å². The molecule has 24 heavy (non-hydrogen) atoms. The highest BCUT2D eigenvalue weighted by atomic mass is 16.2. The number of aromatic nitrogens is 4. The van der Waals surface area contributed by atoms with Gasteiger partial charge < -0.3 is 9.47 Å². The topological polar surface area (TPSA) is 88.9 Å². The van der Waals surface area contributed by atoms with Gasteiger partial charge >= 0.3 is 5.69 Å². The van der Waals surface area contributed by atoms with Gasteiger partial charge in [-0.3, -0.25) is 19.3 Å². The molecule has 0 radical (unpaired) electrons. The molecule has 0 bridgehead atoms. The number of piperidine rings is 1. The third-order valence-electron chi connectivity index (χ3n) is 4.77. The van der Waals surface area contributed by atoms with Gasteiger partial charge in [-0.15, -0.1) is 0 Å². The molecule has 1 saturated heterocycles. The van der Waals surface area contributed by atoms with E-state index < -0.39 is 0 Å². The van der Waals surface area contributed by atoms with Crippen LogP contribution in [0.3, 0.4) is 0 Å². The van der Waals surface area contributed by atoms with Crippen LogP contribution >= 0.6 is 0 Å². The minimum Gasteiger partial charge on any atom is -0.361 e. The summed E-state index contributed by atoms with van der Waals surface area (Å²) in [7, 11) is 3.10. The molecular formula is C16H24N6O2. The highest BCUT2D eigenvalue weighted by molar-refractivity contribution is 5.79. The number of fused-ring (bicyclic) bond motifs is 1. The second kappa shape index (κ2) is 6.62. The smallest absolute Gasteiger partial charge is 0.332 e. The number of likely N-dealkylation sites (tertiary alicyclic amines) is 1. The molecule has 1 aliphatic heterocycles. The molecule has 8 nitrogen and oxygen atoms in total. The number of imidazole rings is 1. The van der Waals surface area contributed by atoms with Gasteiger partial charge in [-0.25, -0.2) is 9.78 Å². The molecule has 0 aromatic carbocycles. The van der Waals surface area contributed by atoms with Gasteiger partial charge in [0.15, 0.2) is 11.2 Å². The van der Waals surface area contributed by atoms with Crippen LogP contribution in [0.2, 0.25) is 0 Å². The predicted octanol–water partition coefficient (Wildman–Crippen LogP) is 0.677. The maximum absolute atomic E-state index is 12.4. The Bertz CT molecular complexity index is 869. The highest BCUT2D eigenvalue weighted by Crippen LogP contribution is 2.12. The van der Waals surface area contributed by atoms with Crippen molar-refractivity contribution in [1.29, 1.82) is 5.41 Å². The Kier molecular flexibility index (Phi) is 4.55. The van der Waals surface area contributed by atoms with Crippen LogP contribution in [-0.2, 0) is 20.6 Å². The van der Waals surface area contributed by atoms with Crippen molar-refractivity contribution in [2.24, 2.45) is 14.1 Å². The second-order valence-electron chi connectivity index (χ2n) is 6.41. The Morgan fingerprint density at radius 3 is 2.58 bits per heavy atom. The van der Waals surface area contributed by atoms with E-state index in [-0.39, 0.29) is 11.2 Å². The van der Waals surface area contributed by atoms with E-state index in [1.807, 2.05) is 0 Å². The van der Waals surface area contributed by atoms with Crippen LogP contribution in [0.1, 0.15) is 32.1 Å². The number of nitrogens with one attached hydrogen (secondary N) is 1. The van der Waals surface area contributed by atoms with Crippen LogP contribution in [0.15, 0.2) is 15.9 Å². The Morgan fingerprint density at radius 1 is 1.17 bits per heavy atom. The van der Waals surface area contributed by atoms with Gasteiger partial charge in [0.1, 0.15) is 0 Å². The molecule has 0 spiro atoms. The van der Waals surface area contributed by atoms with Gasteiger partial charge in [-0.1, -0.05) is 0 Å². The van der Waals surface area contributed by atoms with Gasteiger partial charge in [0.25, 0.3) is 5.56 Å². The van der Waals surface area contributed by atoms with Crippen LogP contribution in [0, 0.1) is 5.41 Å². The Labute approximate surface area is 139 Å². The lowest BCUT2D eigenvalue weighted by Gasteiger charge is -2.29. The van der Waals surface area contributed by atoms with E-state index in [0.29, 0.717) is 30.0 Å². The standard InChI is InChI=1S/C16H24N6O2/c1-19-14-13(15(23)20(2)16(19)24)22(11-18-14)10-6-7-12(17)21-8-4-3-5-9-21/h11,17H,3-10H2,1-2H3. The fraction of sp³-hybridized carbons (Fsp3) is 0.625. The number of rotatable bonds is 4. The number of hydrogen-bond acceptors (Lipinski definition) is 4. The zero-order valence-electron chi connectivity index (χ0n) is 14.3. The van der Waals surface area contributed by atoms with E-state index in [0.717, 1.165) is 24.1 Å². The minimum absolute atomic E-state index is 0.322. The molecule has 1 aliphatic rings. The van der Waals surface area contributed by atoms with E-state index in [2.05, 4.69) is 9.88 Å². The fourth-order valence-electron chi connectivity index (χ4n) is 3.31. The summed E-state index contributed by atoms with van der Waals surface area (Å²) < 4.78 is 4.29. The van der Waals surface area contributed by atoms with Crippen LogP contribution < -0.4 is 11.2 Å². The molecule has 8 heteroatoms. The number of aryl methyl sites for hydroxylation is 2. The van der Waals surface area contributed by atoms with Crippen molar-refractivity contribution in [2.75, 3.05) is 13.1 Å². The van der Waals surface area contributed by atoms with E-state index in [9.17, 15) is 9.59 Å².